The molecule has 0 aromatic heterocycles. The minimum absolute atomic E-state index is 0.0494. The molecule has 0 unspecified atom stereocenters. The molecule has 2 aromatic carbocycles. The van der Waals surface area contributed by atoms with Crippen LogP contribution in [0.1, 0.15) is 27.0 Å². The van der Waals surface area contributed by atoms with E-state index in [-0.39, 0.29) is 5.91 Å². The SMILES string of the molecule is Cc1ccc(NC(=O)c2ccc3c(c2)CCN3)c(C)c1. The van der Waals surface area contributed by atoms with Gasteiger partial charge in [0.05, 0.1) is 0 Å². The first kappa shape index (κ1) is 12.7. The maximum Gasteiger partial charge on any atom is 0.255 e. The van der Waals surface area contributed by atoms with Crippen LogP contribution in [-0.2, 0) is 6.42 Å². The highest BCUT2D eigenvalue weighted by Gasteiger charge is 2.14. The standard InChI is InChI=1S/C17H18N2O/c1-11-3-5-15(12(2)9-11)19-17(20)14-4-6-16-13(10-14)7-8-18-16/h3-6,9-10,18H,7-8H2,1-2H3,(H,19,20). The molecule has 20 heavy (non-hydrogen) atoms. The number of carbonyl (C=O) groups excluding carboxylic acids is 1. The van der Waals surface area contributed by atoms with Crippen LogP contribution in [0.4, 0.5) is 11.4 Å². The Morgan fingerprint density at radius 1 is 1.15 bits per heavy atom. The van der Waals surface area contributed by atoms with Crippen molar-refractivity contribution in [3.8, 4) is 0 Å². The van der Waals surface area contributed by atoms with E-state index in [0.717, 1.165) is 29.9 Å². The quantitative estimate of drug-likeness (QED) is 0.873. The molecule has 0 bridgehead atoms. The molecule has 0 saturated heterocycles. The topological polar surface area (TPSA) is 41.1 Å². The lowest BCUT2D eigenvalue weighted by Gasteiger charge is -2.10. The summed E-state index contributed by atoms with van der Waals surface area (Å²) in [4.78, 5) is 12.3. The normalized spacial score (nSPS) is 12.7. The van der Waals surface area contributed by atoms with E-state index in [9.17, 15) is 4.79 Å². The zero-order valence-corrected chi connectivity index (χ0v) is 11.8. The molecule has 0 atom stereocenters. The number of amides is 1. The lowest BCUT2D eigenvalue weighted by atomic mass is 10.1. The van der Waals surface area contributed by atoms with Crippen molar-refractivity contribution in [3.63, 3.8) is 0 Å². The van der Waals surface area contributed by atoms with E-state index in [1.807, 2.05) is 44.2 Å². The fourth-order valence-corrected chi connectivity index (χ4v) is 2.59. The van der Waals surface area contributed by atoms with Gasteiger partial charge in [0.2, 0.25) is 0 Å². The van der Waals surface area contributed by atoms with Crippen LogP contribution >= 0.6 is 0 Å². The van der Waals surface area contributed by atoms with Crippen LogP contribution < -0.4 is 10.6 Å². The predicted molar refractivity (Wildman–Crippen MR) is 82.5 cm³/mol. The Balaban J connectivity index is 1.82. The number of fused-ring (bicyclic) bond motifs is 1. The van der Waals surface area contributed by atoms with E-state index in [1.54, 1.807) is 0 Å². The first-order chi connectivity index (χ1) is 9.63. The summed E-state index contributed by atoms with van der Waals surface area (Å²) in [6, 6.07) is 11.9. The summed E-state index contributed by atoms with van der Waals surface area (Å²) < 4.78 is 0. The Hall–Kier alpha value is -2.29. The molecule has 1 amide bonds. The molecule has 1 aliphatic rings. The molecule has 1 heterocycles. The molecule has 3 nitrogen and oxygen atoms in total. The van der Waals surface area contributed by atoms with Crippen molar-refractivity contribution < 1.29 is 4.79 Å². The van der Waals surface area contributed by atoms with E-state index in [1.165, 1.54) is 11.1 Å². The van der Waals surface area contributed by atoms with Gasteiger partial charge in [-0.2, -0.15) is 0 Å². The molecule has 2 N–H and O–H groups in total. The second-order valence-corrected chi connectivity index (χ2v) is 5.32. The third kappa shape index (κ3) is 2.39. The van der Waals surface area contributed by atoms with Crippen LogP contribution in [0.5, 0.6) is 0 Å². The lowest BCUT2D eigenvalue weighted by Crippen LogP contribution is -2.13. The van der Waals surface area contributed by atoms with Gasteiger partial charge in [-0.25, -0.2) is 0 Å². The highest BCUT2D eigenvalue weighted by atomic mass is 16.1. The first-order valence-electron chi connectivity index (χ1n) is 6.89. The zero-order chi connectivity index (χ0) is 14.1. The van der Waals surface area contributed by atoms with E-state index >= 15 is 0 Å². The Bertz CT molecular complexity index is 677. The first-order valence-corrected chi connectivity index (χ1v) is 6.89. The molecule has 0 radical (unpaired) electrons. The van der Waals surface area contributed by atoms with Crippen molar-refractivity contribution in [3.05, 3.63) is 58.7 Å². The molecule has 0 saturated carbocycles. The van der Waals surface area contributed by atoms with Gasteiger partial charge < -0.3 is 10.6 Å². The largest absolute Gasteiger partial charge is 0.384 e. The molecule has 0 aliphatic carbocycles. The minimum atomic E-state index is -0.0494. The monoisotopic (exact) mass is 266 g/mol. The summed E-state index contributed by atoms with van der Waals surface area (Å²) >= 11 is 0. The maximum atomic E-state index is 12.3. The van der Waals surface area contributed by atoms with Gasteiger partial charge in [-0.15, -0.1) is 0 Å². The molecule has 0 fully saturated rings. The van der Waals surface area contributed by atoms with Gasteiger partial charge in [0.15, 0.2) is 0 Å². The molecule has 1 aliphatic heterocycles. The van der Waals surface area contributed by atoms with E-state index in [4.69, 9.17) is 0 Å². The third-order valence-corrected chi connectivity index (χ3v) is 3.71. The number of aryl methyl sites for hydroxylation is 2. The van der Waals surface area contributed by atoms with Crippen molar-refractivity contribution in [1.82, 2.24) is 0 Å². The zero-order valence-electron chi connectivity index (χ0n) is 11.8. The lowest BCUT2D eigenvalue weighted by molar-refractivity contribution is 0.102. The van der Waals surface area contributed by atoms with Crippen LogP contribution in [0.2, 0.25) is 0 Å². The Morgan fingerprint density at radius 3 is 2.80 bits per heavy atom. The Kier molecular flexibility index (Phi) is 3.18. The molecule has 2 aromatic rings. The van der Waals surface area contributed by atoms with Gasteiger partial charge in [-0.3, -0.25) is 4.79 Å². The van der Waals surface area contributed by atoms with Crippen LogP contribution in [0, 0.1) is 13.8 Å². The van der Waals surface area contributed by atoms with E-state index in [0.29, 0.717) is 5.56 Å². The average Bonchev–Trinajstić information content (AvgIpc) is 2.89. The van der Waals surface area contributed by atoms with Crippen LogP contribution in [0.15, 0.2) is 36.4 Å². The highest BCUT2D eigenvalue weighted by Crippen LogP contribution is 2.24. The second kappa shape index (κ2) is 5.00. The number of carbonyl (C=O) groups is 1. The molecular formula is C17H18N2O. The maximum absolute atomic E-state index is 12.3. The van der Waals surface area contributed by atoms with Crippen molar-refractivity contribution in [2.24, 2.45) is 0 Å². The Labute approximate surface area is 119 Å². The van der Waals surface area contributed by atoms with Crippen LogP contribution in [0.3, 0.4) is 0 Å². The van der Waals surface area contributed by atoms with Crippen molar-refractivity contribution in [1.29, 1.82) is 0 Å². The van der Waals surface area contributed by atoms with Gasteiger partial charge >= 0.3 is 0 Å². The highest BCUT2D eigenvalue weighted by molar-refractivity contribution is 6.05. The van der Waals surface area contributed by atoms with Crippen LogP contribution in [-0.4, -0.2) is 12.5 Å². The van der Waals surface area contributed by atoms with Gasteiger partial charge in [0.1, 0.15) is 0 Å². The fraction of sp³-hybridized carbons (Fsp3) is 0.235. The van der Waals surface area contributed by atoms with Crippen molar-refractivity contribution in [2.45, 2.75) is 20.3 Å². The number of nitrogens with one attached hydrogen (secondary N) is 2. The summed E-state index contributed by atoms with van der Waals surface area (Å²) in [5.41, 5.74) is 6.24. The summed E-state index contributed by atoms with van der Waals surface area (Å²) in [6.07, 6.45) is 0.986. The summed E-state index contributed by atoms with van der Waals surface area (Å²) in [5, 5.41) is 6.29. The fourth-order valence-electron chi connectivity index (χ4n) is 2.59. The number of benzene rings is 2. The average molecular weight is 266 g/mol. The third-order valence-electron chi connectivity index (χ3n) is 3.71. The van der Waals surface area contributed by atoms with Crippen molar-refractivity contribution in [2.75, 3.05) is 17.2 Å². The number of hydrogen-bond donors (Lipinski definition) is 2. The van der Waals surface area contributed by atoms with E-state index in [2.05, 4.69) is 16.7 Å². The van der Waals surface area contributed by atoms with Crippen LogP contribution in [0.25, 0.3) is 0 Å². The molecule has 3 heteroatoms. The van der Waals surface area contributed by atoms with Gasteiger partial charge in [-0.05, 0) is 55.7 Å². The molecule has 0 spiro atoms. The molecule has 102 valence electrons. The number of anilines is 2. The summed E-state index contributed by atoms with van der Waals surface area (Å²) in [5.74, 6) is -0.0494. The molecule has 3 rings (SSSR count). The summed E-state index contributed by atoms with van der Waals surface area (Å²) in [6.45, 7) is 5.01. The molecular weight excluding hydrogens is 248 g/mol. The minimum Gasteiger partial charge on any atom is -0.384 e. The number of rotatable bonds is 2. The second-order valence-electron chi connectivity index (χ2n) is 5.32. The Morgan fingerprint density at radius 2 is 2.00 bits per heavy atom. The summed E-state index contributed by atoms with van der Waals surface area (Å²) in [7, 11) is 0. The van der Waals surface area contributed by atoms with E-state index < -0.39 is 0 Å². The predicted octanol–water partition coefficient (Wildman–Crippen LogP) is 3.52. The number of hydrogen-bond acceptors (Lipinski definition) is 2. The van der Waals surface area contributed by atoms with Gasteiger partial charge in [0, 0.05) is 23.5 Å². The van der Waals surface area contributed by atoms with Crippen molar-refractivity contribution >= 4 is 17.3 Å². The van der Waals surface area contributed by atoms with Gasteiger partial charge in [0.25, 0.3) is 5.91 Å². The smallest absolute Gasteiger partial charge is 0.255 e. The van der Waals surface area contributed by atoms with Gasteiger partial charge in [-0.1, -0.05) is 17.7 Å².